The van der Waals surface area contributed by atoms with Crippen LogP contribution in [0.5, 0.6) is 5.75 Å². The maximum absolute atomic E-state index is 12.5. The Balaban J connectivity index is 1.77. The Labute approximate surface area is 180 Å². The van der Waals surface area contributed by atoms with E-state index in [2.05, 4.69) is 0 Å². The van der Waals surface area contributed by atoms with Crippen molar-refractivity contribution < 1.29 is 23.1 Å². The molecule has 3 rings (SSSR count). The zero-order valence-corrected chi connectivity index (χ0v) is 18.0. The van der Waals surface area contributed by atoms with E-state index < -0.39 is 0 Å². The van der Waals surface area contributed by atoms with Crippen LogP contribution in [0.3, 0.4) is 0 Å². The number of hydrogen-bond donors (Lipinski definition) is 0. The summed E-state index contributed by atoms with van der Waals surface area (Å²) in [6.07, 6.45) is 2.66. The molecule has 6 heteroatoms. The fraction of sp³-hybridized carbons (Fsp3) is 0.292. The third kappa shape index (κ3) is 5.03. The fourth-order valence-corrected chi connectivity index (χ4v) is 3.61. The van der Waals surface area contributed by atoms with E-state index in [1.54, 1.807) is 25.1 Å². The van der Waals surface area contributed by atoms with Gasteiger partial charge in [0.15, 0.2) is 0 Å². The summed E-state index contributed by atoms with van der Waals surface area (Å²) in [4.78, 5) is 11.6. The first-order chi connectivity index (χ1) is 14.4. The molecule has 0 aliphatic rings. The molecule has 30 heavy (non-hydrogen) atoms. The van der Waals surface area contributed by atoms with Crippen molar-refractivity contribution in [1.82, 2.24) is 0 Å². The second-order valence-electron chi connectivity index (χ2n) is 6.99. The SMILES string of the molecule is CCOC(=O)CCc1ccc(OCc2cc(Cl)cc3cc(/C=C/F)oc23)c(C)c1C. The maximum atomic E-state index is 12.5. The summed E-state index contributed by atoms with van der Waals surface area (Å²) in [6, 6.07) is 9.17. The van der Waals surface area contributed by atoms with Crippen molar-refractivity contribution in [3.63, 3.8) is 0 Å². The Bertz CT molecular complexity index is 1080. The quantitative estimate of drug-likeness (QED) is 0.372. The lowest BCUT2D eigenvalue weighted by Gasteiger charge is -2.15. The van der Waals surface area contributed by atoms with Crippen molar-refractivity contribution in [3.05, 3.63) is 69.7 Å². The summed E-state index contributed by atoms with van der Waals surface area (Å²) in [6.45, 7) is 6.45. The number of fused-ring (bicyclic) bond motifs is 1. The van der Waals surface area contributed by atoms with E-state index in [0.29, 0.717) is 42.1 Å². The number of benzene rings is 2. The van der Waals surface area contributed by atoms with Crippen LogP contribution >= 0.6 is 11.6 Å². The van der Waals surface area contributed by atoms with E-state index in [-0.39, 0.29) is 12.6 Å². The number of hydrogen-bond acceptors (Lipinski definition) is 4. The molecule has 0 spiro atoms. The summed E-state index contributed by atoms with van der Waals surface area (Å²) in [7, 11) is 0. The van der Waals surface area contributed by atoms with Gasteiger partial charge >= 0.3 is 5.97 Å². The molecule has 0 atom stereocenters. The number of aryl methyl sites for hydroxylation is 1. The molecule has 0 amide bonds. The van der Waals surface area contributed by atoms with Gasteiger partial charge in [-0.1, -0.05) is 17.7 Å². The molecule has 0 aliphatic heterocycles. The van der Waals surface area contributed by atoms with Gasteiger partial charge in [0.25, 0.3) is 0 Å². The van der Waals surface area contributed by atoms with Crippen LogP contribution in [-0.4, -0.2) is 12.6 Å². The molecule has 0 saturated carbocycles. The van der Waals surface area contributed by atoms with Crippen molar-refractivity contribution in [2.75, 3.05) is 6.61 Å². The first-order valence-electron chi connectivity index (χ1n) is 9.79. The lowest BCUT2D eigenvalue weighted by molar-refractivity contribution is -0.143. The van der Waals surface area contributed by atoms with Crippen molar-refractivity contribution in [2.45, 2.75) is 40.2 Å². The number of rotatable bonds is 8. The second kappa shape index (κ2) is 9.81. The summed E-state index contributed by atoms with van der Waals surface area (Å²) in [5, 5.41) is 1.34. The number of carbonyl (C=O) groups excluding carboxylic acids is 1. The van der Waals surface area contributed by atoms with Gasteiger partial charge in [0.2, 0.25) is 0 Å². The van der Waals surface area contributed by atoms with Crippen LogP contribution in [0.4, 0.5) is 4.39 Å². The third-order valence-electron chi connectivity index (χ3n) is 5.04. The van der Waals surface area contributed by atoms with Crippen LogP contribution < -0.4 is 4.74 Å². The lowest BCUT2D eigenvalue weighted by atomic mass is 9.99. The Morgan fingerprint density at radius 2 is 1.97 bits per heavy atom. The van der Waals surface area contributed by atoms with E-state index in [9.17, 15) is 9.18 Å². The smallest absolute Gasteiger partial charge is 0.306 e. The third-order valence-corrected chi connectivity index (χ3v) is 5.26. The minimum absolute atomic E-state index is 0.194. The minimum Gasteiger partial charge on any atom is -0.488 e. The standard InChI is InChI=1S/C24H24ClFO4/c1-4-28-23(27)8-6-17-5-7-22(16(3)15(17)2)29-14-19-12-20(25)11-18-13-21(9-10-26)30-24(18)19/h5,7,9-13H,4,6,8,14H2,1-3H3/b10-9+. The molecule has 0 aliphatic carbocycles. The first-order valence-corrected chi connectivity index (χ1v) is 10.2. The molecule has 0 unspecified atom stereocenters. The van der Waals surface area contributed by atoms with Gasteiger partial charge in [-0.3, -0.25) is 4.79 Å². The summed E-state index contributed by atoms with van der Waals surface area (Å²) in [5.74, 6) is 0.963. The monoisotopic (exact) mass is 430 g/mol. The van der Waals surface area contributed by atoms with E-state index in [4.69, 9.17) is 25.5 Å². The Morgan fingerprint density at radius 3 is 2.70 bits per heavy atom. The van der Waals surface area contributed by atoms with Crippen LogP contribution in [0.2, 0.25) is 5.02 Å². The van der Waals surface area contributed by atoms with Gasteiger partial charge in [-0.2, -0.15) is 0 Å². The molecule has 0 saturated heterocycles. The summed E-state index contributed by atoms with van der Waals surface area (Å²) < 4.78 is 29.3. The van der Waals surface area contributed by atoms with E-state index >= 15 is 0 Å². The molecule has 0 N–H and O–H groups in total. The van der Waals surface area contributed by atoms with Gasteiger partial charge in [0.05, 0.1) is 12.9 Å². The minimum atomic E-state index is -0.194. The van der Waals surface area contributed by atoms with Gasteiger partial charge in [-0.25, -0.2) is 4.39 Å². The van der Waals surface area contributed by atoms with Gasteiger partial charge in [0.1, 0.15) is 23.7 Å². The van der Waals surface area contributed by atoms with Gasteiger partial charge in [0, 0.05) is 28.5 Å². The van der Waals surface area contributed by atoms with Gasteiger partial charge in [-0.05, 0) is 68.1 Å². The second-order valence-corrected chi connectivity index (χ2v) is 7.43. The largest absolute Gasteiger partial charge is 0.488 e. The van der Waals surface area contributed by atoms with Crippen LogP contribution in [0.1, 0.15) is 41.4 Å². The van der Waals surface area contributed by atoms with Gasteiger partial charge < -0.3 is 13.9 Å². The van der Waals surface area contributed by atoms with Crippen molar-refractivity contribution in [3.8, 4) is 5.75 Å². The molecule has 4 nitrogen and oxygen atoms in total. The molecule has 158 valence electrons. The van der Waals surface area contributed by atoms with Crippen molar-refractivity contribution in [2.24, 2.45) is 0 Å². The summed E-state index contributed by atoms with van der Waals surface area (Å²) in [5.41, 5.74) is 4.58. The van der Waals surface area contributed by atoms with Crippen LogP contribution in [0.25, 0.3) is 17.0 Å². The lowest BCUT2D eigenvalue weighted by Crippen LogP contribution is -2.06. The van der Waals surface area contributed by atoms with E-state index in [1.807, 2.05) is 26.0 Å². The molecule has 3 aromatic rings. The molecule has 1 heterocycles. The van der Waals surface area contributed by atoms with Crippen molar-refractivity contribution >= 4 is 34.6 Å². The van der Waals surface area contributed by atoms with E-state index in [0.717, 1.165) is 33.4 Å². The molecular weight excluding hydrogens is 407 g/mol. The maximum Gasteiger partial charge on any atom is 0.306 e. The highest BCUT2D eigenvalue weighted by atomic mass is 35.5. The molecular formula is C24H24ClFO4. The average molecular weight is 431 g/mol. The number of esters is 1. The number of halogens is 2. The molecule has 0 fully saturated rings. The average Bonchev–Trinajstić information content (AvgIpc) is 3.11. The van der Waals surface area contributed by atoms with Crippen LogP contribution in [-0.2, 0) is 22.6 Å². The Morgan fingerprint density at radius 1 is 1.17 bits per heavy atom. The zero-order chi connectivity index (χ0) is 21.7. The highest BCUT2D eigenvalue weighted by Gasteiger charge is 2.13. The molecule has 2 aromatic carbocycles. The predicted molar refractivity (Wildman–Crippen MR) is 117 cm³/mol. The highest BCUT2D eigenvalue weighted by Crippen LogP contribution is 2.30. The van der Waals surface area contributed by atoms with Crippen LogP contribution in [0.15, 0.2) is 41.1 Å². The number of ether oxygens (including phenoxy) is 2. The van der Waals surface area contributed by atoms with E-state index in [1.165, 1.54) is 6.08 Å². The molecule has 0 bridgehead atoms. The Hall–Kier alpha value is -2.79. The van der Waals surface area contributed by atoms with Crippen LogP contribution in [0, 0.1) is 13.8 Å². The fourth-order valence-electron chi connectivity index (χ4n) is 3.36. The number of carbonyl (C=O) groups is 1. The van der Waals surface area contributed by atoms with Gasteiger partial charge in [-0.15, -0.1) is 0 Å². The summed E-state index contributed by atoms with van der Waals surface area (Å²) >= 11 is 6.22. The first kappa shape index (κ1) is 21.9. The number of furan rings is 1. The topological polar surface area (TPSA) is 48.7 Å². The normalized spacial score (nSPS) is 11.4. The highest BCUT2D eigenvalue weighted by molar-refractivity contribution is 6.31. The molecule has 0 radical (unpaired) electrons. The predicted octanol–water partition coefficient (Wildman–Crippen LogP) is 6.72. The zero-order valence-electron chi connectivity index (χ0n) is 17.3. The van der Waals surface area contributed by atoms with Crippen molar-refractivity contribution in [1.29, 1.82) is 0 Å². The Kier molecular flexibility index (Phi) is 7.16. The molecule has 1 aromatic heterocycles.